The van der Waals surface area contributed by atoms with Crippen LogP contribution in [0.2, 0.25) is 0 Å². The molecule has 1 fully saturated rings. The number of rotatable bonds is 4. The Bertz CT molecular complexity index is 366. The molecule has 1 aromatic rings. The normalized spacial score (nSPS) is 23.6. The highest BCUT2D eigenvalue weighted by atomic mass is 16.5. The van der Waals surface area contributed by atoms with Gasteiger partial charge in [-0.3, -0.25) is 4.79 Å². The minimum Gasteiger partial charge on any atom is -0.464 e. The number of aliphatic hydroxyl groups excluding tert-OH is 1. The van der Waals surface area contributed by atoms with Gasteiger partial charge in [0.2, 0.25) is 0 Å². The van der Waals surface area contributed by atoms with E-state index < -0.39 is 6.10 Å². The van der Waals surface area contributed by atoms with Gasteiger partial charge in [-0.05, 0) is 5.56 Å². The van der Waals surface area contributed by atoms with Gasteiger partial charge in [-0.15, -0.1) is 0 Å². The Balaban J connectivity index is 1.70. The van der Waals surface area contributed by atoms with Crippen LogP contribution in [-0.4, -0.2) is 36.4 Å². The van der Waals surface area contributed by atoms with E-state index in [1.165, 1.54) is 0 Å². The fraction of sp³-hybridized carbons (Fsp3) is 0.462. The summed E-state index contributed by atoms with van der Waals surface area (Å²) < 4.78 is 5.17. The van der Waals surface area contributed by atoms with E-state index in [1.807, 2.05) is 30.3 Å². The third-order valence-corrected chi connectivity index (χ3v) is 2.87. The molecule has 4 nitrogen and oxygen atoms in total. The number of hydrogen-bond donors (Lipinski definition) is 2. The molecule has 1 aliphatic rings. The molecule has 0 aromatic heterocycles. The zero-order valence-electron chi connectivity index (χ0n) is 9.63. The SMILES string of the molecule is O=C(OCCc1ccccc1)C1CC(O)CN1. The first kappa shape index (κ1) is 12.1. The minimum absolute atomic E-state index is 0.266. The molecule has 0 amide bonds. The standard InChI is InChI=1S/C13H17NO3/c15-11-8-12(14-9-11)13(16)17-7-6-10-4-2-1-3-5-10/h1-5,11-12,14-15H,6-9H2. The molecule has 2 N–H and O–H groups in total. The summed E-state index contributed by atoms with van der Waals surface area (Å²) in [6.45, 7) is 0.857. The van der Waals surface area contributed by atoms with Crippen LogP contribution in [0.5, 0.6) is 0 Å². The third-order valence-electron chi connectivity index (χ3n) is 2.87. The quantitative estimate of drug-likeness (QED) is 0.746. The molecule has 0 radical (unpaired) electrons. The maximum absolute atomic E-state index is 11.6. The molecule has 1 aliphatic heterocycles. The summed E-state index contributed by atoms with van der Waals surface area (Å²) in [7, 11) is 0. The van der Waals surface area contributed by atoms with Crippen molar-refractivity contribution in [1.29, 1.82) is 0 Å². The zero-order chi connectivity index (χ0) is 12.1. The maximum atomic E-state index is 11.6. The number of carbonyl (C=O) groups is 1. The summed E-state index contributed by atoms with van der Waals surface area (Å²) in [6.07, 6.45) is 0.744. The van der Waals surface area contributed by atoms with Crippen molar-refractivity contribution in [2.24, 2.45) is 0 Å². The van der Waals surface area contributed by atoms with Gasteiger partial charge in [0.1, 0.15) is 6.04 Å². The predicted octanol–water partition coefficient (Wildman–Crippen LogP) is 0.495. The topological polar surface area (TPSA) is 58.6 Å². The van der Waals surface area contributed by atoms with E-state index in [0.29, 0.717) is 19.6 Å². The van der Waals surface area contributed by atoms with Crippen LogP contribution in [0, 0.1) is 0 Å². The van der Waals surface area contributed by atoms with Gasteiger partial charge in [0.15, 0.2) is 0 Å². The van der Waals surface area contributed by atoms with Crippen LogP contribution in [0.3, 0.4) is 0 Å². The third kappa shape index (κ3) is 3.54. The van der Waals surface area contributed by atoms with Crippen molar-refractivity contribution in [3.63, 3.8) is 0 Å². The van der Waals surface area contributed by atoms with Gasteiger partial charge >= 0.3 is 5.97 Å². The Morgan fingerprint density at radius 2 is 2.18 bits per heavy atom. The summed E-state index contributed by atoms with van der Waals surface area (Å²) in [6, 6.07) is 9.55. The molecule has 0 bridgehead atoms. The molecule has 1 saturated heterocycles. The highest BCUT2D eigenvalue weighted by Crippen LogP contribution is 2.08. The van der Waals surface area contributed by atoms with E-state index in [0.717, 1.165) is 12.0 Å². The van der Waals surface area contributed by atoms with E-state index in [1.54, 1.807) is 0 Å². The van der Waals surface area contributed by atoms with Crippen LogP contribution >= 0.6 is 0 Å². The van der Waals surface area contributed by atoms with Crippen molar-refractivity contribution in [3.05, 3.63) is 35.9 Å². The van der Waals surface area contributed by atoms with E-state index in [4.69, 9.17) is 4.74 Å². The summed E-state index contributed by atoms with van der Waals surface area (Å²) in [5.74, 6) is -0.266. The molecule has 92 valence electrons. The molecular formula is C13H17NO3. The molecule has 1 aromatic carbocycles. The lowest BCUT2D eigenvalue weighted by Gasteiger charge is -2.10. The second kappa shape index (κ2) is 5.80. The number of carbonyl (C=O) groups excluding carboxylic acids is 1. The zero-order valence-corrected chi connectivity index (χ0v) is 9.63. The van der Waals surface area contributed by atoms with Crippen LogP contribution in [-0.2, 0) is 16.0 Å². The molecule has 0 spiro atoms. The summed E-state index contributed by atoms with van der Waals surface area (Å²) in [4.78, 5) is 11.6. The molecule has 0 aliphatic carbocycles. The fourth-order valence-electron chi connectivity index (χ4n) is 1.91. The van der Waals surface area contributed by atoms with Crippen molar-refractivity contribution in [1.82, 2.24) is 5.32 Å². The van der Waals surface area contributed by atoms with Gasteiger partial charge in [0.05, 0.1) is 12.7 Å². The summed E-state index contributed by atoms with van der Waals surface area (Å²) in [5.41, 5.74) is 1.15. The van der Waals surface area contributed by atoms with Gasteiger partial charge in [-0.25, -0.2) is 0 Å². The molecule has 1 heterocycles. The number of β-amino-alcohol motifs (C(OH)–C–C–N with tert-alkyl or cyclic N) is 1. The number of nitrogens with one attached hydrogen (secondary N) is 1. The van der Waals surface area contributed by atoms with Crippen molar-refractivity contribution < 1.29 is 14.6 Å². The van der Waals surface area contributed by atoms with Crippen molar-refractivity contribution in [3.8, 4) is 0 Å². The smallest absolute Gasteiger partial charge is 0.323 e. The number of aliphatic hydroxyl groups is 1. The van der Waals surface area contributed by atoms with Crippen LogP contribution in [0.15, 0.2) is 30.3 Å². The number of ether oxygens (including phenoxy) is 1. The second-order valence-electron chi connectivity index (χ2n) is 4.25. The average molecular weight is 235 g/mol. The molecular weight excluding hydrogens is 218 g/mol. The molecule has 4 heteroatoms. The average Bonchev–Trinajstić information content (AvgIpc) is 2.77. The van der Waals surface area contributed by atoms with Crippen LogP contribution in [0.4, 0.5) is 0 Å². The molecule has 2 rings (SSSR count). The fourth-order valence-corrected chi connectivity index (χ4v) is 1.91. The Morgan fingerprint density at radius 1 is 1.41 bits per heavy atom. The van der Waals surface area contributed by atoms with Crippen LogP contribution in [0.25, 0.3) is 0 Å². The van der Waals surface area contributed by atoms with E-state index in [-0.39, 0.29) is 12.0 Å². The van der Waals surface area contributed by atoms with Crippen molar-refractivity contribution >= 4 is 5.97 Å². The van der Waals surface area contributed by atoms with Gasteiger partial charge in [-0.1, -0.05) is 30.3 Å². The van der Waals surface area contributed by atoms with Gasteiger partial charge < -0.3 is 15.2 Å². The highest BCUT2D eigenvalue weighted by Gasteiger charge is 2.28. The monoisotopic (exact) mass is 235 g/mol. The summed E-state index contributed by atoms with van der Waals surface area (Å²) >= 11 is 0. The van der Waals surface area contributed by atoms with Crippen molar-refractivity contribution in [2.45, 2.75) is 25.0 Å². The Labute approximate surface area is 101 Å². The minimum atomic E-state index is -0.429. The highest BCUT2D eigenvalue weighted by molar-refractivity contribution is 5.76. The first-order valence-corrected chi connectivity index (χ1v) is 5.88. The van der Waals surface area contributed by atoms with E-state index in [2.05, 4.69) is 5.32 Å². The number of esters is 1. The molecule has 0 saturated carbocycles. The maximum Gasteiger partial charge on any atom is 0.323 e. The molecule has 2 unspecified atom stereocenters. The largest absolute Gasteiger partial charge is 0.464 e. The Morgan fingerprint density at radius 3 is 2.82 bits per heavy atom. The summed E-state index contributed by atoms with van der Waals surface area (Å²) in [5, 5.41) is 12.2. The molecule has 17 heavy (non-hydrogen) atoms. The Kier molecular flexibility index (Phi) is 4.12. The lowest BCUT2D eigenvalue weighted by molar-refractivity contribution is -0.145. The van der Waals surface area contributed by atoms with Gasteiger partial charge in [-0.2, -0.15) is 0 Å². The van der Waals surface area contributed by atoms with Crippen molar-refractivity contribution in [2.75, 3.05) is 13.2 Å². The lowest BCUT2D eigenvalue weighted by atomic mass is 10.2. The Hall–Kier alpha value is -1.39. The van der Waals surface area contributed by atoms with E-state index in [9.17, 15) is 9.90 Å². The lowest BCUT2D eigenvalue weighted by Crippen LogP contribution is -2.32. The first-order valence-electron chi connectivity index (χ1n) is 5.88. The van der Waals surface area contributed by atoms with Gasteiger partial charge in [0, 0.05) is 19.4 Å². The number of hydrogen-bond acceptors (Lipinski definition) is 4. The second-order valence-corrected chi connectivity index (χ2v) is 4.25. The predicted molar refractivity (Wildman–Crippen MR) is 63.5 cm³/mol. The van der Waals surface area contributed by atoms with E-state index >= 15 is 0 Å². The van der Waals surface area contributed by atoms with Gasteiger partial charge in [0.25, 0.3) is 0 Å². The molecule has 2 atom stereocenters. The van der Waals surface area contributed by atoms with Crippen LogP contribution in [0.1, 0.15) is 12.0 Å². The first-order chi connectivity index (χ1) is 8.25. The van der Waals surface area contributed by atoms with Crippen LogP contribution < -0.4 is 5.32 Å². The number of benzene rings is 1.